The lowest BCUT2D eigenvalue weighted by molar-refractivity contribution is -0.384. The Morgan fingerprint density at radius 1 is 1.21 bits per heavy atom. The van der Waals surface area contributed by atoms with Gasteiger partial charge in [-0.05, 0) is 29.2 Å². The van der Waals surface area contributed by atoms with E-state index < -0.39 is 16.6 Å². The molecule has 126 valence electrons. The molecule has 1 N–H and O–H groups in total. The Morgan fingerprint density at radius 2 is 1.88 bits per heavy atom. The number of rotatable bonds is 3. The summed E-state index contributed by atoms with van der Waals surface area (Å²) in [5, 5.41) is 13.1. The van der Waals surface area contributed by atoms with Crippen LogP contribution < -0.4 is 5.32 Å². The van der Waals surface area contributed by atoms with Gasteiger partial charge in [-0.1, -0.05) is 42.8 Å². The average molecular weight is 395 g/mol. The first-order valence-corrected chi connectivity index (χ1v) is 7.94. The van der Waals surface area contributed by atoms with Gasteiger partial charge in [0, 0.05) is 22.2 Å². The molecule has 0 fully saturated rings. The van der Waals surface area contributed by atoms with Gasteiger partial charge >= 0.3 is 0 Å². The number of hydrogen-bond donors (Lipinski definition) is 1. The Balaban J connectivity index is 2.29. The Morgan fingerprint density at radius 3 is 2.42 bits per heavy atom. The lowest BCUT2D eigenvalue weighted by Crippen LogP contribution is -2.16. The van der Waals surface area contributed by atoms with Gasteiger partial charge in [0.25, 0.3) is 11.6 Å². The summed E-state index contributed by atoms with van der Waals surface area (Å²) in [6.07, 6.45) is 0. The summed E-state index contributed by atoms with van der Waals surface area (Å²) >= 11 is 3.44. The number of nitro groups is 1. The van der Waals surface area contributed by atoms with E-state index in [0.717, 1.165) is 28.2 Å². The highest BCUT2D eigenvalue weighted by atomic mass is 79.9. The van der Waals surface area contributed by atoms with Crippen molar-refractivity contribution in [1.82, 2.24) is 0 Å². The third-order valence-electron chi connectivity index (χ3n) is 3.45. The summed E-state index contributed by atoms with van der Waals surface area (Å²) in [6.45, 7) is 6.14. The number of hydrogen-bond acceptors (Lipinski definition) is 3. The number of amides is 1. The third kappa shape index (κ3) is 3.97. The molecule has 0 aliphatic carbocycles. The number of anilines is 1. The molecule has 0 heterocycles. The minimum Gasteiger partial charge on any atom is -0.319 e. The van der Waals surface area contributed by atoms with E-state index in [9.17, 15) is 19.3 Å². The van der Waals surface area contributed by atoms with E-state index in [2.05, 4.69) is 21.2 Å². The number of non-ortho nitro benzene ring substituents is 1. The van der Waals surface area contributed by atoms with Gasteiger partial charge < -0.3 is 5.32 Å². The van der Waals surface area contributed by atoms with Gasteiger partial charge in [0.15, 0.2) is 0 Å². The summed E-state index contributed by atoms with van der Waals surface area (Å²) < 4.78 is 14.5. The summed E-state index contributed by atoms with van der Waals surface area (Å²) in [6, 6.07) is 8.09. The first-order chi connectivity index (χ1) is 11.1. The first kappa shape index (κ1) is 18.1. The van der Waals surface area contributed by atoms with Crippen molar-refractivity contribution < 1.29 is 14.1 Å². The fraction of sp³-hybridized carbons (Fsp3) is 0.235. The van der Waals surface area contributed by atoms with Crippen LogP contribution in [0.25, 0.3) is 0 Å². The highest BCUT2D eigenvalue weighted by molar-refractivity contribution is 9.10. The number of nitrogens with one attached hydrogen (secondary N) is 1. The summed E-state index contributed by atoms with van der Waals surface area (Å²) in [7, 11) is 0. The Kier molecular flexibility index (Phi) is 5.03. The molecule has 0 saturated carbocycles. The van der Waals surface area contributed by atoms with Crippen LogP contribution in [0.5, 0.6) is 0 Å². The van der Waals surface area contributed by atoms with Crippen LogP contribution in [0, 0.1) is 15.9 Å². The lowest BCUT2D eigenvalue weighted by atomic mass is 9.86. The Labute approximate surface area is 147 Å². The standard InChI is InChI=1S/C17H16BrFN2O3/c1-17(2,3)12-6-4-10(8-13(12)18)16(22)20-15-9-11(21(23)24)5-7-14(15)19/h4-9H,1-3H3,(H,20,22). The van der Waals surface area contributed by atoms with E-state index in [4.69, 9.17) is 0 Å². The van der Waals surface area contributed by atoms with Crippen LogP contribution in [0.4, 0.5) is 15.8 Å². The van der Waals surface area contributed by atoms with Crippen molar-refractivity contribution in [3.63, 3.8) is 0 Å². The van der Waals surface area contributed by atoms with E-state index in [0.29, 0.717) is 5.56 Å². The van der Waals surface area contributed by atoms with Crippen LogP contribution in [0.1, 0.15) is 36.7 Å². The molecule has 0 aliphatic heterocycles. The van der Waals surface area contributed by atoms with Gasteiger partial charge in [-0.2, -0.15) is 0 Å². The predicted molar refractivity (Wildman–Crippen MR) is 93.8 cm³/mol. The van der Waals surface area contributed by atoms with Crippen LogP contribution in [0.2, 0.25) is 0 Å². The monoisotopic (exact) mass is 394 g/mol. The van der Waals surface area contributed by atoms with Crippen molar-refractivity contribution in [3.8, 4) is 0 Å². The van der Waals surface area contributed by atoms with E-state index >= 15 is 0 Å². The largest absolute Gasteiger partial charge is 0.319 e. The van der Waals surface area contributed by atoms with Crippen LogP contribution >= 0.6 is 15.9 Å². The zero-order valence-corrected chi connectivity index (χ0v) is 15.0. The quantitative estimate of drug-likeness (QED) is 0.584. The molecule has 0 spiro atoms. The number of carbonyl (C=O) groups excluding carboxylic acids is 1. The second-order valence-corrected chi connectivity index (χ2v) is 7.17. The maximum atomic E-state index is 13.8. The molecule has 7 heteroatoms. The average Bonchev–Trinajstić information content (AvgIpc) is 2.47. The highest BCUT2D eigenvalue weighted by Gasteiger charge is 2.19. The maximum Gasteiger partial charge on any atom is 0.271 e. The zero-order chi connectivity index (χ0) is 18.1. The van der Waals surface area contributed by atoms with Gasteiger partial charge in [0.2, 0.25) is 0 Å². The van der Waals surface area contributed by atoms with Crippen molar-refractivity contribution >= 4 is 33.2 Å². The molecule has 0 unspecified atom stereocenters. The molecule has 0 radical (unpaired) electrons. The number of nitrogens with zero attached hydrogens (tertiary/aromatic N) is 1. The molecule has 0 bridgehead atoms. The van der Waals surface area contributed by atoms with Gasteiger partial charge in [-0.3, -0.25) is 14.9 Å². The minimum absolute atomic E-state index is 0.0972. The highest BCUT2D eigenvalue weighted by Crippen LogP contribution is 2.30. The molecular weight excluding hydrogens is 379 g/mol. The molecule has 2 aromatic rings. The molecule has 0 saturated heterocycles. The van der Waals surface area contributed by atoms with Crippen molar-refractivity contribution in [3.05, 3.63) is 67.9 Å². The van der Waals surface area contributed by atoms with Crippen LogP contribution in [-0.2, 0) is 5.41 Å². The molecule has 5 nitrogen and oxygen atoms in total. The van der Waals surface area contributed by atoms with Gasteiger partial charge in [0.1, 0.15) is 5.82 Å². The van der Waals surface area contributed by atoms with Crippen molar-refractivity contribution in [2.24, 2.45) is 0 Å². The smallest absolute Gasteiger partial charge is 0.271 e. The maximum absolute atomic E-state index is 13.8. The van der Waals surface area contributed by atoms with Crippen molar-refractivity contribution in [2.45, 2.75) is 26.2 Å². The van der Waals surface area contributed by atoms with E-state index in [1.54, 1.807) is 12.1 Å². The first-order valence-electron chi connectivity index (χ1n) is 7.15. The molecule has 2 aromatic carbocycles. The summed E-state index contributed by atoms with van der Waals surface area (Å²) in [5.41, 5.74) is 0.725. The van der Waals surface area contributed by atoms with Gasteiger partial charge in [-0.15, -0.1) is 0 Å². The fourth-order valence-electron chi connectivity index (χ4n) is 2.18. The summed E-state index contributed by atoms with van der Waals surface area (Å²) in [5.74, 6) is -1.28. The topological polar surface area (TPSA) is 72.2 Å². The van der Waals surface area contributed by atoms with E-state index in [1.165, 1.54) is 0 Å². The molecule has 24 heavy (non-hydrogen) atoms. The molecule has 0 atom stereocenters. The normalized spacial score (nSPS) is 11.2. The Hall–Kier alpha value is -2.28. The predicted octanol–water partition coefficient (Wildman–Crippen LogP) is 5.05. The molecular formula is C17H16BrFN2O3. The van der Waals surface area contributed by atoms with Crippen LogP contribution in [0.3, 0.4) is 0 Å². The van der Waals surface area contributed by atoms with Gasteiger partial charge in [-0.25, -0.2) is 4.39 Å². The zero-order valence-electron chi connectivity index (χ0n) is 13.4. The number of halogens is 2. The number of carbonyl (C=O) groups is 1. The van der Waals surface area contributed by atoms with Crippen molar-refractivity contribution in [1.29, 1.82) is 0 Å². The van der Waals surface area contributed by atoms with Gasteiger partial charge in [0.05, 0.1) is 10.6 Å². The molecule has 0 aliphatic rings. The molecule has 2 rings (SSSR count). The van der Waals surface area contributed by atoms with Crippen LogP contribution in [0.15, 0.2) is 40.9 Å². The lowest BCUT2D eigenvalue weighted by Gasteiger charge is -2.21. The second-order valence-electron chi connectivity index (χ2n) is 6.32. The van der Waals surface area contributed by atoms with E-state index in [-0.39, 0.29) is 16.8 Å². The number of benzene rings is 2. The fourth-order valence-corrected chi connectivity index (χ4v) is 3.16. The van der Waals surface area contributed by atoms with Crippen LogP contribution in [-0.4, -0.2) is 10.8 Å². The molecule has 0 aromatic heterocycles. The molecule has 1 amide bonds. The minimum atomic E-state index is -0.737. The third-order valence-corrected chi connectivity index (χ3v) is 4.10. The van der Waals surface area contributed by atoms with E-state index in [1.807, 2.05) is 26.8 Å². The summed E-state index contributed by atoms with van der Waals surface area (Å²) in [4.78, 5) is 22.4. The second kappa shape index (κ2) is 6.68. The van der Waals surface area contributed by atoms with Crippen molar-refractivity contribution in [2.75, 3.05) is 5.32 Å². The SMILES string of the molecule is CC(C)(C)c1ccc(C(=O)Nc2cc([N+](=O)[O-])ccc2F)cc1Br. The Bertz CT molecular complexity index is 816. The number of nitro benzene ring substituents is 1.